The Morgan fingerprint density at radius 1 is 1.40 bits per heavy atom. The zero-order valence-electron chi connectivity index (χ0n) is 11.1. The monoisotopic (exact) mass is 298 g/mol. The van der Waals surface area contributed by atoms with Gasteiger partial charge in [-0.15, -0.1) is 0 Å². The lowest BCUT2D eigenvalue weighted by Gasteiger charge is -2.37. The maximum absolute atomic E-state index is 11.9. The molecule has 0 saturated carbocycles. The molecule has 2 aromatic heterocycles. The fourth-order valence-electron chi connectivity index (χ4n) is 1.92. The normalized spacial score (nSPS) is 17.6. The highest BCUT2D eigenvalue weighted by atomic mass is 32.2. The van der Waals surface area contributed by atoms with E-state index in [9.17, 15) is 8.42 Å². The summed E-state index contributed by atoms with van der Waals surface area (Å²) in [5, 5.41) is 3.83. The SMILES string of the molecule is CN(C)S(=O)(=O)N1CC(c2nc(-c3ccco3)no2)C1. The highest BCUT2D eigenvalue weighted by Crippen LogP contribution is 2.30. The van der Waals surface area contributed by atoms with Crippen LogP contribution in [0.2, 0.25) is 0 Å². The van der Waals surface area contributed by atoms with Crippen LogP contribution in [0.4, 0.5) is 0 Å². The van der Waals surface area contributed by atoms with E-state index >= 15 is 0 Å². The smallest absolute Gasteiger partial charge is 0.281 e. The van der Waals surface area contributed by atoms with Gasteiger partial charge in [0.2, 0.25) is 11.7 Å². The van der Waals surface area contributed by atoms with Crippen molar-refractivity contribution in [1.82, 2.24) is 18.8 Å². The van der Waals surface area contributed by atoms with Gasteiger partial charge < -0.3 is 8.94 Å². The topological polar surface area (TPSA) is 92.7 Å². The summed E-state index contributed by atoms with van der Waals surface area (Å²) in [5.41, 5.74) is 0. The average molecular weight is 298 g/mol. The number of rotatable bonds is 4. The number of aromatic nitrogens is 2. The zero-order valence-corrected chi connectivity index (χ0v) is 11.9. The Morgan fingerprint density at radius 3 is 2.75 bits per heavy atom. The minimum absolute atomic E-state index is 0.0686. The molecule has 108 valence electrons. The molecule has 0 aromatic carbocycles. The van der Waals surface area contributed by atoms with Crippen LogP contribution in [0.1, 0.15) is 11.8 Å². The van der Waals surface area contributed by atoms with Gasteiger partial charge in [-0.05, 0) is 12.1 Å². The van der Waals surface area contributed by atoms with Gasteiger partial charge in [-0.3, -0.25) is 0 Å². The lowest BCUT2D eigenvalue weighted by Crippen LogP contribution is -2.52. The van der Waals surface area contributed by atoms with E-state index in [1.165, 1.54) is 29.0 Å². The van der Waals surface area contributed by atoms with Gasteiger partial charge in [0.05, 0.1) is 12.2 Å². The average Bonchev–Trinajstić information content (AvgIpc) is 2.95. The van der Waals surface area contributed by atoms with Crippen molar-refractivity contribution >= 4 is 10.2 Å². The van der Waals surface area contributed by atoms with Crippen molar-refractivity contribution in [3.05, 3.63) is 24.3 Å². The summed E-state index contributed by atoms with van der Waals surface area (Å²) in [6, 6.07) is 3.47. The second kappa shape index (κ2) is 4.69. The molecule has 20 heavy (non-hydrogen) atoms. The van der Waals surface area contributed by atoms with Gasteiger partial charge >= 0.3 is 0 Å². The Labute approximate surface area is 116 Å². The van der Waals surface area contributed by atoms with Gasteiger partial charge in [-0.1, -0.05) is 5.16 Å². The molecule has 0 aliphatic carbocycles. The summed E-state index contributed by atoms with van der Waals surface area (Å²) < 4.78 is 36.6. The third kappa shape index (κ3) is 2.13. The van der Waals surface area contributed by atoms with Crippen LogP contribution in [0, 0.1) is 0 Å². The summed E-state index contributed by atoms with van der Waals surface area (Å²) in [6.45, 7) is 0.695. The van der Waals surface area contributed by atoms with Crippen LogP contribution in [-0.2, 0) is 10.2 Å². The minimum Gasteiger partial charge on any atom is -0.461 e. The number of nitrogens with zero attached hydrogens (tertiary/aromatic N) is 4. The standard InChI is InChI=1S/C11H14N4O4S/c1-14(2)20(16,17)15-6-8(7-15)11-12-10(13-19-11)9-4-3-5-18-9/h3-5,8H,6-7H2,1-2H3. The molecule has 0 bridgehead atoms. The van der Waals surface area contributed by atoms with Crippen LogP contribution in [0.3, 0.4) is 0 Å². The molecule has 3 rings (SSSR count). The first kappa shape index (κ1) is 13.3. The van der Waals surface area contributed by atoms with E-state index in [-0.39, 0.29) is 5.92 Å². The highest BCUT2D eigenvalue weighted by Gasteiger charge is 2.40. The molecule has 3 heterocycles. The molecule has 8 nitrogen and oxygen atoms in total. The summed E-state index contributed by atoms with van der Waals surface area (Å²) in [6.07, 6.45) is 1.53. The first-order valence-electron chi connectivity index (χ1n) is 6.03. The van der Waals surface area contributed by atoms with Crippen molar-refractivity contribution in [3.8, 4) is 11.6 Å². The third-order valence-corrected chi connectivity index (χ3v) is 5.04. The molecule has 1 aliphatic heterocycles. The molecular weight excluding hydrogens is 284 g/mol. The minimum atomic E-state index is -3.36. The summed E-state index contributed by atoms with van der Waals surface area (Å²) in [4.78, 5) is 4.23. The molecular formula is C11H14N4O4S. The molecule has 0 radical (unpaired) electrons. The van der Waals surface area contributed by atoms with Gasteiger partial charge in [-0.25, -0.2) is 0 Å². The van der Waals surface area contributed by atoms with Crippen molar-refractivity contribution in [2.75, 3.05) is 27.2 Å². The molecule has 1 saturated heterocycles. The van der Waals surface area contributed by atoms with E-state index in [0.29, 0.717) is 30.6 Å². The lowest BCUT2D eigenvalue weighted by atomic mass is 10.0. The first-order chi connectivity index (χ1) is 9.48. The van der Waals surface area contributed by atoms with Crippen molar-refractivity contribution < 1.29 is 17.4 Å². The summed E-state index contributed by atoms with van der Waals surface area (Å²) >= 11 is 0. The Balaban J connectivity index is 1.69. The van der Waals surface area contributed by atoms with Crippen LogP contribution < -0.4 is 0 Å². The third-order valence-electron chi connectivity index (χ3n) is 3.17. The van der Waals surface area contributed by atoms with Gasteiger partial charge in [0.1, 0.15) is 0 Å². The fourth-order valence-corrected chi connectivity index (χ4v) is 3.12. The highest BCUT2D eigenvalue weighted by molar-refractivity contribution is 7.86. The second-order valence-electron chi connectivity index (χ2n) is 4.74. The predicted molar refractivity (Wildman–Crippen MR) is 68.9 cm³/mol. The molecule has 9 heteroatoms. The molecule has 0 N–H and O–H groups in total. The first-order valence-corrected chi connectivity index (χ1v) is 7.43. The van der Waals surface area contributed by atoms with Crippen LogP contribution in [-0.4, -0.2) is 54.4 Å². The van der Waals surface area contributed by atoms with Crippen molar-refractivity contribution in [3.63, 3.8) is 0 Å². The second-order valence-corrected chi connectivity index (χ2v) is 6.88. The van der Waals surface area contributed by atoms with E-state index < -0.39 is 10.2 Å². The van der Waals surface area contributed by atoms with E-state index in [0.717, 1.165) is 0 Å². The van der Waals surface area contributed by atoms with Crippen LogP contribution in [0.15, 0.2) is 27.3 Å². The molecule has 1 fully saturated rings. The maximum Gasteiger partial charge on any atom is 0.281 e. The lowest BCUT2D eigenvalue weighted by molar-refractivity contribution is 0.208. The van der Waals surface area contributed by atoms with Gasteiger partial charge in [0, 0.05) is 27.2 Å². The number of furan rings is 1. The summed E-state index contributed by atoms with van der Waals surface area (Å²) in [5.74, 6) is 1.26. The van der Waals surface area contributed by atoms with Crippen molar-refractivity contribution in [1.29, 1.82) is 0 Å². The van der Waals surface area contributed by atoms with Gasteiger partial charge in [0.15, 0.2) is 5.76 Å². The maximum atomic E-state index is 11.9. The molecule has 0 amide bonds. The van der Waals surface area contributed by atoms with Crippen LogP contribution in [0.5, 0.6) is 0 Å². The number of hydrogen-bond donors (Lipinski definition) is 0. The summed E-state index contributed by atoms with van der Waals surface area (Å²) in [7, 11) is -0.351. The molecule has 0 atom stereocenters. The Kier molecular flexibility index (Phi) is 3.11. The number of hydrogen-bond acceptors (Lipinski definition) is 6. The van der Waals surface area contributed by atoms with Gasteiger partial charge in [-0.2, -0.15) is 22.0 Å². The molecule has 1 aliphatic rings. The Morgan fingerprint density at radius 2 is 2.15 bits per heavy atom. The van der Waals surface area contributed by atoms with E-state index in [4.69, 9.17) is 8.94 Å². The Bertz CT molecular complexity index is 686. The predicted octanol–water partition coefficient (Wildman–Crippen LogP) is 0.535. The Hall–Kier alpha value is -1.71. The quantitative estimate of drug-likeness (QED) is 0.817. The van der Waals surface area contributed by atoms with Crippen LogP contribution >= 0.6 is 0 Å². The van der Waals surface area contributed by atoms with E-state index in [2.05, 4.69) is 10.1 Å². The molecule has 2 aromatic rings. The van der Waals surface area contributed by atoms with Crippen molar-refractivity contribution in [2.24, 2.45) is 0 Å². The van der Waals surface area contributed by atoms with E-state index in [1.807, 2.05) is 0 Å². The van der Waals surface area contributed by atoms with Gasteiger partial charge in [0.25, 0.3) is 10.2 Å². The fraction of sp³-hybridized carbons (Fsp3) is 0.455. The van der Waals surface area contributed by atoms with Crippen LogP contribution in [0.25, 0.3) is 11.6 Å². The van der Waals surface area contributed by atoms with E-state index in [1.54, 1.807) is 12.1 Å². The zero-order chi connectivity index (χ0) is 14.3. The largest absolute Gasteiger partial charge is 0.461 e. The molecule has 0 unspecified atom stereocenters. The molecule has 0 spiro atoms. The van der Waals surface area contributed by atoms with Crippen molar-refractivity contribution in [2.45, 2.75) is 5.92 Å².